The summed E-state index contributed by atoms with van der Waals surface area (Å²) in [4.78, 5) is 0. The van der Waals surface area contributed by atoms with Crippen LogP contribution in [0.25, 0.3) is 21.9 Å². The highest BCUT2D eigenvalue weighted by molar-refractivity contribution is 5.98. The predicted octanol–water partition coefficient (Wildman–Crippen LogP) is 8.19. The van der Waals surface area contributed by atoms with E-state index in [2.05, 4.69) is 149 Å². The molecular weight excluding hydrogens is 528 g/mol. The molecule has 0 bridgehead atoms. The van der Waals surface area contributed by atoms with Gasteiger partial charge in [0.2, 0.25) is 0 Å². The second kappa shape index (κ2) is 11.0. The summed E-state index contributed by atoms with van der Waals surface area (Å²) in [6, 6.07) is 51.2. The van der Waals surface area contributed by atoms with Crippen molar-refractivity contribution in [2.75, 3.05) is 5.32 Å². The third-order valence-electron chi connectivity index (χ3n) is 8.46. The monoisotopic (exact) mass is 560 g/mol. The molecule has 0 amide bonds. The molecule has 0 saturated carbocycles. The van der Waals surface area contributed by atoms with Crippen LogP contribution in [0.5, 0.6) is 5.75 Å². The van der Waals surface area contributed by atoms with Gasteiger partial charge in [-0.3, -0.25) is 16.0 Å². The van der Waals surface area contributed by atoms with Crippen molar-refractivity contribution < 1.29 is 4.74 Å². The topological polar surface area (TPSA) is 57.3 Å². The molecular formula is C38H32N4O. The second-order valence-corrected chi connectivity index (χ2v) is 11.1. The molecule has 3 atom stereocenters. The molecule has 4 N–H and O–H groups in total. The Morgan fingerprint density at radius 1 is 0.465 bits per heavy atom. The Bertz CT molecular complexity index is 1800. The number of nitrogens with one attached hydrogen (secondary N) is 4. The minimum Gasteiger partial charge on any atom is -0.464 e. The lowest BCUT2D eigenvalue weighted by atomic mass is 9.90. The molecule has 6 aromatic rings. The van der Waals surface area contributed by atoms with E-state index in [1.54, 1.807) is 0 Å². The van der Waals surface area contributed by atoms with Gasteiger partial charge in [-0.15, -0.1) is 0 Å². The van der Waals surface area contributed by atoms with E-state index in [9.17, 15) is 0 Å². The van der Waals surface area contributed by atoms with Crippen molar-refractivity contribution in [1.29, 1.82) is 0 Å². The standard InChI is InChI=1S/C38H32N4O/c1-3-12-27(13-4-1)35-40-36(28-14-5-2-6-15-28)42-37(41-35)31-24-23-25-11-7-8-16-30(25)34(31)26-19-21-29(22-20-26)38-39-32-17-9-10-18-33(32)43-38/h1-24,35-42H. The van der Waals surface area contributed by atoms with E-state index in [1.165, 1.54) is 38.6 Å². The number of benzene rings is 6. The quantitative estimate of drug-likeness (QED) is 0.171. The Kier molecular flexibility index (Phi) is 6.61. The molecule has 0 radical (unpaired) electrons. The lowest BCUT2D eigenvalue weighted by molar-refractivity contribution is 0.203. The minimum atomic E-state index is -0.204. The smallest absolute Gasteiger partial charge is 0.196 e. The number of anilines is 1. The highest BCUT2D eigenvalue weighted by Crippen LogP contribution is 2.40. The molecule has 1 saturated heterocycles. The third-order valence-corrected chi connectivity index (χ3v) is 8.46. The summed E-state index contributed by atoms with van der Waals surface area (Å²) < 4.78 is 6.20. The van der Waals surface area contributed by atoms with Crippen LogP contribution in [-0.4, -0.2) is 0 Å². The Morgan fingerprint density at radius 2 is 1.07 bits per heavy atom. The van der Waals surface area contributed by atoms with Crippen LogP contribution in [0.2, 0.25) is 0 Å². The molecule has 1 fully saturated rings. The van der Waals surface area contributed by atoms with Gasteiger partial charge in [-0.1, -0.05) is 133 Å². The molecule has 5 nitrogen and oxygen atoms in total. The fourth-order valence-electron chi connectivity index (χ4n) is 6.31. The maximum Gasteiger partial charge on any atom is 0.196 e. The summed E-state index contributed by atoms with van der Waals surface area (Å²) in [5.74, 6) is 0.886. The Hall–Kier alpha value is -4.94. The Morgan fingerprint density at radius 3 is 1.77 bits per heavy atom. The molecule has 210 valence electrons. The van der Waals surface area contributed by atoms with Crippen molar-refractivity contribution >= 4 is 16.5 Å². The zero-order chi connectivity index (χ0) is 28.6. The van der Waals surface area contributed by atoms with Gasteiger partial charge >= 0.3 is 0 Å². The van der Waals surface area contributed by atoms with Crippen LogP contribution in [0, 0.1) is 0 Å². The summed E-state index contributed by atoms with van der Waals surface area (Å²) in [7, 11) is 0. The lowest BCUT2D eigenvalue weighted by Gasteiger charge is -2.40. The average molecular weight is 561 g/mol. The summed E-state index contributed by atoms with van der Waals surface area (Å²) in [5.41, 5.74) is 8.11. The summed E-state index contributed by atoms with van der Waals surface area (Å²) >= 11 is 0. The number of hydrogen-bond acceptors (Lipinski definition) is 5. The van der Waals surface area contributed by atoms with Gasteiger partial charge in [0.15, 0.2) is 6.23 Å². The van der Waals surface area contributed by atoms with Crippen molar-refractivity contribution in [3.8, 4) is 16.9 Å². The number of hydrogen-bond donors (Lipinski definition) is 4. The Labute approximate surface area is 251 Å². The largest absolute Gasteiger partial charge is 0.464 e. The predicted molar refractivity (Wildman–Crippen MR) is 173 cm³/mol. The Balaban J connectivity index is 1.19. The van der Waals surface area contributed by atoms with Crippen LogP contribution in [0.3, 0.4) is 0 Å². The summed E-state index contributed by atoms with van der Waals surface area (Å²) in [6.45, 7) is 0. The van der Waals surface area contributed by atoms with E-state index in [0.717, 1.165) is 17.0 Å². The van der Waals surface area contributed by atoms with Gasteiger partial charge in [-0.25, -0.2) is 0 Å². The molecule has 2 heterocycles. The van der Waals surface area contributed by atoms with Crippen LogP contribution in [0.4, 0.5) is 5.69 Å². The maximum absolute atomic E-state index is 6.20. The number of rotatable bonds is 5. The molecule has 2 aliphatic heterocycles. The SMILES string of the molecule is c1ccc(C2NC(c3ccccc3)NC(c3ccc4ccccc4c3-c3ccc(C4Nc5ccccc5O4)cc3)N2)cc1. The summed E-state index contributed by atoms with van der Waals surface area (Å²) in [6.07, 6.45) is -0.382. The number of ether oxygens (including phenoxy) is 1. The van der Waals surface area contributed by atoms with Crippen LogP contribution in [0.15, 0.2) is 146 Å². The van der Waals surface area contributed by atoms with E-state index in [4.69, 9.17) is 4.74 Å². The van der Waals surface area contributed by atoms with Crippen molar-refractivity contribution in [3.05, 3.63) is 168 Å². The van der Waals surface area contributed by atoms with E-state index in [1.807, 2.05) is 18.2 Å². The van der Waals surface area contributed by atoms with E-state index in [0.29, 0.717) is 0 Å². The first-order chi connectivity index (χ1) is 21.3. The van der Waals surface area contributed by atoms with Gasteiger partial charge in [-0.05, 0) is 50.7 Å². The van der Waals surface area contributed by atoms with Crippen LogP contribution < -0.4 is 26.0 Å². The zero-order valence-corrected chi connectivity index (χ0v) is 23.6. The van der Waals surface area contributed by atoms with E-state index < -0.39 is 0 Å². The third kappa shape index (κ3) is 4.94. The molecule has 43 heavy (non-hydrogen) atoms. The minimum absolute atomic E-state index is 0.0356. The summed E-state index contributed by atoms with van der Waals surface area (Å²) in [5, 5.41) is 17.5. The van der Waals surface area contributed by atoms with Crippen molar-refractivity contribution in [3.63, 3.8) is 0 Å². The number of para-hydroxylation sites is 2. The molecule has 5 heteroatoms. The van der Waals surface area contributed by atoms with Crippen molar-refractivity contribution in [2.24, 2.45) is 0 Å². The van der Waals surface area contributed by atoms with Gasteiger partial charge < -0.3 is 10.1 Å². The van der Waals surface area contributed by atoms with Gasteiger partial charge in [0, 0.05) is 5.56 Å². The van der Waals surface area contributed by atoms with Gasteiger partial charge in [0.1, 0.15) is 5.75 Å². The average Bonchev–Trinajstić information content (AvgIpc) is 3.53. The van der Waals surface area contributed by atoms with Gasteiger partial charge in [0.25, 0.3) is 0 Å². The van der Waals surface area contributed by atoms with Gasteiger partial charge in [-0.2, -0.15) is 0 Å². The maximum atomic E-state index is 6.20. The molecule has 0 spiro atoms. The molecule has 0 aromatic heterocycles. The zero-order valence-electron chi connectivity index (χ0n) is 23.6. The van der Waals surface area contributed by atoms with Gasteiger partial charge in [0.05, 0.1) is 24.2 Å². The van der Waals surface area contributed by atoms with E-state index >= 15 is 0 Å². The molecule has 2 aliphatic rings. The van der Waals surface area contributed by atoms with Crippen LogP contribution >= 0.6 is 0 Å². The fourth-order valence-corrected chi connectivity index (χ4v) is 6.31. The molecule has 3 unspecified atom stereocenters. The lowest BCUT2D eigenvalue weighted by Crippen LogP contribution is -2.54. The van der Waals surface area contributed by atoms with Crippen LogP contribution in [0.1, 0.15) is 47.0 Å². The number of fused-ring (bicyclic) bond motifs is 2. The second-order valence-electron chi connectivity index (χ2n) is 11.1. The molecule has 0 aliphatic carbocycles. The first kappa shape index (κ1) is 25.7. The normalized spacial score (nSPS) is 21.1. The molecule has 6 aromatic carbocycles. The van der Waals surface area contributed by atoms with E-state index in [-0.39, 0.29) is 24.7 Å². The fraction of sp³-hybridized carbons (Fsp3) is 0.105. The van der Waals surface area contributed by atoms with Crippen molar-refractivity contribution in [1.82, 2.24) is 16.0 Å². The van der Waals surface area contributed by atoms with Crippen LogP contribution in [-0.2, 0) is 0 Å². The first-order valence-electron chi connectivity index (χ1n) is 14.8. The molecule has 8 rings (SSSR count). The first-order valence-corrected chi connectivity index (χ1v) is 14.8. The van der Waals surface area contributed by atoms with Crippen molar-refractivity contribution in [2.45, 2.75) is 24.7 Å². The highest BCUT2D eigenvalue weighted by atomic mass is 16.5. The highest BCUT2D eigenvalue weighted by Gasteiger charge is 2.31.